The van der Waals surface area contributed by atoms with Crippen molar-refractivity contribution in [1.29, 1.82) is 0 Å². The molecule has 0 bridgehead atoms. The van der Waals surface area contributed by atoms with E-state index in [9.17, 15) is 18.4 Å². The van der Waals surface area contributed by atoms with Crippen LogP contribution in [0.2, 0.25) is 0 Å². The van der Waals surface area contributed by atoms with Crippen molar-refractivity contribution in [2.45, 2.75) is 90.2 Å². The van der Waals surface area contributed by atoms with Crippen molar-refractivity contribution in [1.82, 2.24) is 9.21 Å². The number of nitrogens with one attached hydrogen (secondary N) is 1. The zero-order chi connectivity index (χ0) is 24.7. The van der Waals surface area contributed by atoms with Crippen molar-refractivity contribution in [3.63, 3.8) is 0 Å². The molecule has 0 aromatic heterocycles. The Hall–Kier alpha value is -2.39. The number of anilines is 1. The molecule has 1 fully saturated rings. The van der Waals surface area contributed by atoms with E-state index >= 15 is 0 Å². The van der Waals surface area contributed by atoms with E-state index in [1.807, 2.05) is 6.92 Å². The van der Waals surface area contributed by atoms with Crippen molar-refractivity contribution in [3.8, 4) is 0 Å². The van der Waals surface area contributed by atoms with Gasteiger partial charge in [0.1, 0.15) is 5.60 Å². The molecule has 9 heteroatoms. The summed E-state index contributed by atoms with van der Waals surface area (Å²) in [5, 5.41) is 2.91. The maximum atomic E-state index is 13.1. The zero-order valence-corrected chi connectivity index (χ0v) is 21.3. The number of ether oxygens (including phenoxy) is 1. The summed E-state index contributed by atoms with van der Waals surface area (Å²) in [7, 11) is 0. The Balaban J connectivity index is 1.55. The maximum Gasteiger partial charge on any atom is 0.410 e. The maximum absolute atomic E-state index is 13.1. The molecule has 1 N–H and O–H groups in total. The van der Waals surface area contributed by atoms with Gasteiger partial charge in [-0.3, -0.25) is 9.11 Å². The number of rotatable bonds is 4. The van der Waals surface area contributed by atoms with Crippen LogP contribution in [0.3, 0.4) is 0 Å². The highest BCUT2D eigenvalue weighted by Crippen LogP contribution is 2.39. The van der Waals surface area contributed by atoms with Crippen molar-refractivity contribution in [2.75, 3.05) is 11.9 Å². The Morgan fingerprint density at radius 3 is 2.32 bits per heavy atom. The van der Waals surface area contributed by atoms with Crippen LogP contribution in [-0.4, -0.2) is 47.8 Å². The smallest absolute Gasteiger partial charge is 0.410 e. The van der Waals surface area contributed by atoms with Crippen LogP contribution in [0.15, 0.2) is 18.3 Å². The molecule has 34 heavy (non-hydrogen) atoms. The number of fused-ring (bicyclic) bond motifs is 2. The summed E-state index contributed by atoms with van der Waals surface area (Å²) in [6, 6.07) is 1.54. The predicted molar refractivity (Wildman–Crippen MR) is 130 cm³/mol. The van der Waals surface area contributed by atoms with Crippen LogP contribution in [0.25, 0.3) is 0 Å². The second kappa shape index (κ2) is 9.34. The van der Waals surface area contributed by atoms with Crippen LogP contribution in [0.1, 0.15) is 75.6 Å². The molecule has 0 saturated carbocycles. The molecule has 3 amide bonds. The molecule has 4 rings (SSSR count). The highest BCUT2D eigenvalue weighted by atomic mass is 32.2. The summed E-state index contributed by atoms with van der Waals surface area (Å²) in [5.74, 6) is 0. The quantitative estimate of drug-likeness (QED) is 0.624. The van der Waals surface area contributed by atoms with Crippen LogP contribution in [0, 0.1) is 0 Å². The normalized spacial score (nSPS) is 22.6. The molecule has 8 nitrogen and oxygen atoms in total. The Morgan fingerprint density at radius 1 is 1.15 bits per heavy atom. The number of carbonyl (C=O) groups is 2. The van der Waals surface area contributed by atoms with Crippen LogP contribution in [-0.2, 0) is 41.7 Å². The lowest BCUT2D eigenvalue weighted by Crippen LogP contribution is -2.46. The van der Waals surface area contributed by atoms with Crippen molar-refractivity contribution in [2.24, 2.45) is 0 Å². The molecule has 0 spiro atoms. The Labute approximate surface area is 204 Å². The number of nitrogens with zero attached hydrogens (tertiary/aromatic N) is 2. The summed E-state index contributed by atoms with van der Waals surface area (Å²) < 4.78 is 30.2. The molecule has 1 aliphatic heterocycles. The monoisotopic (exact) mass is 488 g/mol. The highest BCUT2D eigenvalue weighted by molar-refractivity contribution is 7.77. The molecule has 1 heterocycles. The van der Waals surface area contributed by atoms with Gasteiger partial charge in [0.25, 0.3) is 0 Å². The summed E-state index contributed by atoms with van der Waals surface area (Å²) in [4.78, 5) is 27.4. The number of amides is 3. The third-order valence-electron chi connectivity index (χ3n) is 6.93. The van der Waals surface area contributed by atoms with Crippen LogP contribution < -0.4 is 5.32 Å². The number of benzene rings is 1. The second-order valence-corrected chi connectivity index (χ2v) is 11.4. The van der Waals surface area contributed by atoms with Crippen molar-refractivity contribution < 1.29 is 23.1 Å². The largest absolute Gasteiger partial charge is 0.755 e. The van der Waals surface area contributed by atoms with E-state index in [4.69, 9.17) is 4.74 Å². The Morgan fingerprint density at radius 2 is 1.76 bits per heavy atom. The molecule has 2 aliphatic carbocycles. The fraction of sp³-hybridized carbons (Fsp3) is 0.600. The fourth-order valence-electron chi connectivity index (χ4n) is 5.32. The predicted octanol–water partition coefficient (Wildman–Crippen LogP) is 4.60. The number of likely N-dealkylation sites (tertiary alicyclic amines) is 1. The highest BCUT2D eigenvalue weighted by Gasteiger charge is 2.40. The average molecular weight is 489 g/mol. The Kier molecular flexibility index (Phi) is 6.79. The molecule has 3 aliphatic rings. The zero-order valence-electron chi connectivity index (χ0n) is 20.4. The molecule has 186 valence electrons. The summed E-state index contributed by atoms with van der Waals surface area (Å²) in [6.45, 7) is 7.76. The minimum absolute atomic E-state index is 0.452. The average Bonchev–Trinajstić information content (AvgIpc) is 3.45. The van der Waals surface area contributed by atoms with Gasteiger partial charge in [0, 0.05) is 18.4 Å². The van der Waals surface area contributed by atoms with Gasteiger partial charge in [0.15, 0.2) is 0 Å². The molecule has 0 radical (unpaired) electrons. The number of carbonyl (C=O) groups excluding carboxylic acids is 2. The third-order valence-corrected chi connectivity index (χ3v) is 7.54. The van der Waals surface area contributed by atoms with E-state index in [2.05, 4.69) is 11.4 Å². The first-order valence-corrected chi connectivity index (χ1v) is 13.1. The van der Waals surface area contributed by atoms with Crippen LogP contribution in [0.4, 0.5) is 15.3 Å². The van der Waals surface area contributed by atoms with Crippen molar-refractivity contribution >= 4 is 29.1 Å². The standard InChI is InChI=1S/C25H35N3O5S/c1-24(2,3)33-23(30)27-14-7-12-25(27,4)13-15-28(34(31)32)22(29)26-21-19-10-5-8-17(19)16-18-9-6-11-20(18)21/h13,15-16H,5-12,14H2,1-4H3,(H,26,29)(H,31,32)/p-1/b15-13+/t25-/m0/s1. The molecule has 2 atom stereocenters. The lowest BCUT2D eigenvalue weighted by molar-refractivity contribution is 0.0168. The Bertz CT molecular complexity index is 1020. The van der Waals surface area contributed by atoms with Gasteiger partial charge in [-0.15, -0.1) is 0 Å². The fourth-order valence-corrected chi connectivity index (χ4v) is 5.66. The minimum atomic E-state index is -2.81. The third kappa shape index (κ3) is 5.00. The van der Waals surface area contributed by atoms with E-state index < -0.39 is 34.5 Å². The summed E-state index contributed by atoms with van der Waals surface area (Å²) >= 11 is -2.81. The van der Waals surface area contributed by atoms with Gasteiger partial charge in [-0.2, -0.15) is 0 Å². The first-order chi connectivity index (χ1) is 16.0. The van der Waals surface area contributed by atoms with E-state index in [0.29, 0.717) is 17.3 Å². The van der Waals surface area contributed by atoms with E-state index in [1.165, 1.54) is 17.3 Å². The molecular weight excluding hydrogens is 454 g/mol. The first kappa shape index (κ1) is 24.7. The SMILES string of the molecule is CC(C)(C)OC(=O)N1CCC[C@@]1(C)/C=C/N(C(=O)Nc1c2c(cc3c1CCC3)CCC2)S(=O)[O-]. The van der Waals surface area contributed by atoms with Gasteiger partial charge >= 0.3 is 12.1 Å². The van der Waals surface area contributed by atoms with Gasteiger partial charge in [-0.25, -0.2) is 13.9 Å². The summed E-state index contributed by atoms with van der Waals surface area (Å²) in [6.07, 6.45) is 9.64. The van der Waals surface area contributed by atoms with Gasteiger partial charge in [0.2, 0.25) is 0 Å². The molecule has 1 aromatic carbocycles. The molecular formula is C25H34N3O5S-. The van der Waals surface area contributed by atoms with Crippen LogP contribution in [0.5, 0.6) is 0 Å². The number of aryl methyl sites for hydroxylation is 2. The first-order valence-electron chi connectivity index (χ1n) is 12.0. The molecule has 1 unspecified atom stereocenters. The lowest BCUT2D eigenvalue weighted by atomic mass is 9.99. The van der Waals surface area contributed by atoms with Gasteiger partial charge in [-0.05, 0) is 107 Å². The molecule has 1 saturated heterocycles. The van der Waals surface area contributed by atoms with Gasteiger partial charge in [0.05, 0.1) is 16.8 Å². The van der Waals surface area contributed by atoms with E-state index in [0.717, 1.165) is 61.8 Å². The van der Waals surface area contributed by atoms with E-state index in [-0.39, 0.29) is 0 Å². The van der Waals surface area contributed by atoms with Crippen LogP contribution >= 0.6 is 0 Å². The number of hydrogen-bond acceptors (Lipinski definition) is 5. The van der Waals surface area contributed by atoms with Gasteiger partial charge in [-0.1, -0.05) is 6.07 Å². The topological polar surface area (TPSA) is 102 Å². The van der Waals surface area contributed by atoms with Crippen molar-refractivity contribution in [3.05, 3.63) is 40.6 Å². The van der Waals surface area contributed by atoms with Gasteiger partial charge < -0.3 is 14.6 Å². The second-order valence-electron chi connectivity index (χ2n) is 10.6. The number of urea groups is 1. The molecule has 1 aromatic rings. The minimum Gasteiger partial charge on any atom is -0.755 e. The van der Waals surface area contributed by atoms with E-state index in [1.54, 1.807) is 31.7 Å². The number of hydrogen-bond donors (Lipinski definition) is 1. The summed E-state index contributed by atoms with van der Waals surface area (Å²) in [5.41, 5.74) is 4.18. The lowest BCUT2D eigenvalue weighted by Gasteiger charge is -2.34.